The number of hydrogen-bond acceptors (Lipinski definition) is 6. The molecule has 1 saturated heterocycles. The summed E-state index contributed by atoms with van der Waals surface area (Å²) < 4.78 is 17.0. The van der Waals surface area contributed by atoms with Crippen molar-refractivity contribution >= 4 is 26.0 Å². The number of carbonyl (C=O) groups is 2. The summed E-state index contributed by atoms with van der Waals surface area (Å²) in [4.78, 5) is 29.8. The molecule has 3 heterocycles. The molecule has 0 saturated carbocycles. The zero-order valence-electron chi connectivity index (χ0n) is 16.7. The Morgan fingerprint density at radius 3 is 2.74 bits per heavy atom. The summed E-state index contributed by atoms with van der Waals surface area (Å²) in [7, 11) is -1.81. The molecule has 1 unspecified atom stereocenters. The van der Waals surface area contributed by atoms with Crippen molar-refractivity contribution in [2.45, 2.75) is 57.8 Å². The van der Waals surface area contributed by atoms with Crippen LogP contribution in [0.1, 0.15) is 32.9 Å². The summed E-state index contributed by atoms with van der Waals surface area (Å²) >= 11 is 0. The first-order valence-corrected chi connectivity index (χ1v) is 12.2. The van der Waals surface area contributed by atoms with Gasteiger partial charge in [0.1, 0.15) is 24.3 Å². The molecule has 0 aromatic carbocycles. The average Bonchev–Trinajstić information content (AvgIpc) is 2.93. The van der Waals surface area contributed by atoms with E-state index in [1.165, 1.54) is 4.90 Å². The van der Waals surface area contributed by atoms with E-state index < -0.39 is 14.4 Å². The number of pyridine rings is 1. The summed E-state index contributed by atoms with van der Waals surface area (Å²) in [5.41, 5.74) is 0.571. The summed E-state index contributed by atoms with van der Waals surface area (Å²) in [6.45, 7) is 12.1. The summed E-state index contributed by atoms with van der Waals surface area (Å²) in [6, 6.07) is 3.48. The molecule has 0 N–H and O–H groups in total. The van der Waals surface area contributed by atoms with Crippen molar-refractivity contribution in [3.05, 3.63) is 17.8 Å². The second-order valence-corrected chi connectivity index (χ2v) is 13.4. The number of amides is 1. The smallest absolute Gasteiger partial charge is 0.415 e. The Kier molecular flexibility index (Phi) is 5.31. The van der Waals surface area contributed by atoms with Crippen LogP contribution < -0.4 is 9.64 Å². The normalized spacial score (nSPS) is 20.3. The number of ketones is 1. The van der Waals surface area contributed by atoms with E-state index in [4.69, 9.17) is 13.9 Å². The highest BCUT2D eigenvalue weighted by atomic mass is 28.4. The van der Waals surface area contributed by atoms with Gasteiger partial charge >= 0.3 is 6.09 Å². The third-order valence-electron chi connectivity index (χ3n) is 5.53. The van der Waals surface area contributed by atoms with Crippen molar-refractivity contribution in [2.24, 2.45) is 0 Å². The molecule has 0 radical (unpaired) electrons. The molecule has 1 amide bonds. The predicted molar refractivity (Wildman–Crippen MR) is 104 cm³/mol. The second-order valence-electron chi connectivity index (χ2n) is 8.63. The number of nitrogens with zero attached hydrogens (tertiary/aromatic N) is 2. The van der Waals surface area contributed by atoms with E-state index in [0.717, 1.165) is 0 Å². The van der Waals surface area contributed by atoms with E-state index in [1.807, 2.05) is 0 Å². The van der Waals surface area contributed by atoms with Gasteiger partial charge in [-0.1, -0.05) is 20.8 Å². The minimum atomic E-state index is -1.81. The Bertz CT molecular complexity index is 744. The molecule has 8 heteroatoms. The van der Waals surface area contributed by atoms with Crippen LogP contribution in [-0.4, -0.2) is 51.0 Å². The van der Waals surface area contributed by atoms with Gasteiger partial charge in [0, 0.05) is 13.0 Å². The molecule has 2 aliphatic rings. The lowest BCUT2D eigenvalue weighted by molar-refractivity contribution is -0.121. The number of fused-ring (bicyclic) bond motifs is 1. The quantitative estimate of drug-likeness (QED) is 0.715. The number of hydrogen-bond donors (Lipinski definition) is 0. The largest absolute Gasteiger partial charge is 0.484 e. The topological polar surface area (TPSA) is 78.0 Å². The minimum Gasteiger partial charge on any atom is -0.484 e. The van der Waals surface area contributed by atoms with Crippen LogP contribution in [0.3, 0.4) is 0 Å². The Morgan fingerprint density at radius 2 is 2.04 bits per heavy atom. The third-order valence-corrected chi connectivity index (χ3v) is 10.1. The number of cyclic esters (lactones) is 1. The van der Waals surface area contributed by atoms with Gasteiger partial charge in [0.2, 0.25) is 0 Å². The molecule has 0 bridgehead atoms. The third kappa shape index (κ3) is 4.32. The molecule has 1 fully saturated rings. The van der Waals surface area contributed by atoms with Crippen molar-refractivity contribution in [3.63, 3.8) is 0 Å². The monoisotopic (exact) mass is 392 g/mol. The maximum Gasteiger partial charge on any atom is 0.415 e. The zero-order valence-corrected chi connectivity index (χ0v) is 17.7. The molecule has 3 rings (SSSR count). The number of carbonyl (C=O) groups excluding carboxylic acids is 2. The molecular weight excluding hydrogens is 364 g/mol. The van der Waals surface area contributed by atoms with Crippen molar-refractivity contribution in [1.82, 2.24) is 4.98 Å². The molecule has 0 aliphatic carbocycles. The fourth-order valence-corrected chi connectivity index (χ4v) is 3.86. The van der Waals surface area contributed by atoms with Crippen molar-refractivity contribution in [2.75, 3.05) is 24.7 Å². The van der Waals surface area contributed by atoms with E-state index in [2.05, 4.69) is 38.8 Å². The van der Waals surface area contributed by atoms with Crippen molar-refractivity contribution in [3.8, 4) is 5.75 Å². The van der Waals surface area contributed by atoms with Crippen molar-refractivity contribution in [1.29, 1.82) is 0 Å². The maximum atomic E-state index is 12.3. The SMILES string of the molecule is CC(C)(C)[Si](C)(C)OCCC1CN(c2ccc3c(n2)CC(=O)CO3)C(=O)O1. The number of rotatable bonds is 5. The van der Waals surface area contributed by atoms with E-state index in [-0.39, 0.29) is 30.0 Å². The molecular formula is C19H28N2O5Si. The standard InChI is InChI=1S/C19H28N2O5Si/c1-19(2,3)27(4,5)25-9-8-14-11-21(18(23)26-14)17-7-6-16-15(20-17)10-13(22)12-24-16/h6-7,14H,8-12H2,1-5H3. The van der Waals surface area contributed by atoms with Gasteiger partial charge < -0.3 is 13.9 Å². The van der Waals surface area contributed by atoms with Crippen molar-refractivity contribution < 1.29 is 23.5 Å². The fourth-order valence-electron chi connectivity index (χ4n) is 2.80. The lowest BCUT2D eigenvalue weighted by Crippen LogP contribution is -2.41. The molecule has 148 valence electrons. The van der Waals surface area contributed by atoms with Gasteiger partial charge in [-0.3, -0.25) is 9.69 Å². The Balaban J connectivity index is 1.60. The van der Waals surface area contributed by atoms with Crippen LogP contribution in [0.25, 0.3) is 0 Å². The van der Waals surface area contributed by atoms with E-state index in [0.29, 0.717) is 36.8 Å². The molecule has 1 aromatic rings. The average molecular weight is 393 g/mol. The first-order chi connectivity index (χ1) is 12.6. The summed E-state index contributed by atoms with van der Waals surface area (Å²) in [5, 5.41) is 0.151. The van der Waals surface area contributed by atoms with Gasteiger partial charge in [0.05, 0.1) is 18.7 Å². The lowest BCUT2D eigenvalue weighted by Gasteiger charge is -2.36. The van der Waals surface area contributed by atoms with Crippen LogP contribution >= 0.6 is 0 Å². The number of ether oxygens (including phenoxy) is 2. The van der Waals surface area contributed by atoms with Crippen LogP contribution in [0.2, 0.25) is 18.1 Å². The molecule has 2 aliphatic heterocycles. The van der Waals surface area contributed by atoms with Gasteiger partial charge in [-0.25, -0.2) is 9.78 Å². The van der Waals surface area contributed by atoms with Crippen LogP contribution in [0.15, 0.2) is 12.1 Å². The van der Waals surface area contributed by atoms with Gasteiger partial charge in [-0.2, -0.15) is 0 Å². The van der Waals surface area contributed by atoms with E-state index >= 15 is 0 Å². The number of anilines is 1. The first-order valence-electron chi connectivity index (χ1n) is 9.33. The lowest BCUT2D eigenvalue weighted by atomic mass is 10.1. The zero-order chi connectivity index (χ0) is 19.8. The minimum absolute atomic E-state index is 0.0168. The molecule has 7 nitrogen and oxygen atoms in total. The van der Waals surface area contributed by atoms with Gasteiger partial charge in [0.15, 0.2) is 14.1 Å². The number of Topliss-reactive ketones (excluding diaryl/α,β-unsaturated/α-hetero) is 1. The fraction of sp³-hybridized carbons (Fsp3) is 0.632. The van der Waals surface area contributed by atoms with Crippen LogP contribution in [-0.2, 0) is 20.4 Å². The summed E-state index contributed by atoms with van der Waals surface area (Å²) in [6.07, 6.45) is 0.248. The highest BCUT2D eigenvalue weighted by Gasteiger charge is 2.38. The Labute approximate surface area is 161 Å². The van der Waals surface area contributed by atoms with Gasteiger partial charge in [-0.15, -0.1) is 0 Å². The van der Waals surface area contributed by atoms with Crippen LogP contribution in [0.5, 0.6) is 5.75 Å². The van der Waals surface area contributed by atoms with E-state index in [1.54, 1.807) is 12.1 Å². The summed E-state index contributed by atoms with van der Waals surface area (Å²) in [5.74, 6) is 1.08. The second kappa shape index (κ2) is 7.24. The Hall–Kier alpha value is -1.93. The van der Waals surface area contributed by atoms with Gasteiger partial charge in [0.25, 0.3) is 0 Å². The maximum absolute atomic E-state index is 12.3. The van der Waals surface area contributed by atoms with Crippen LogP contribution in [0, 0.1) is 0 Å². The van der Waals surface area contributed by atoms with Gasteiger partial charge in [-0.05, 0) is 30.3 Å². The highest BCUT2D eigenvalue weighted by Crippen LogP contribution is 2.36. The Morgan fingerprint density at radius 1 is 1.30 bits per heavy atom. The van der Waals surface area contributed by atoms with E-state index in [9.17, 15) is 9.59 Å². The molecule has 1 aromatic heterocycles. The molecule has 27 heavy (non-hydrogen) atoms. The predicted octanol–water partition coefficient (Wildman–Crippen LogP) is 3.32. The highest BCUT2D eigenvalue weighted by molar-refractivity contribution is 6.74. The van der Waals surface area contributed by atoms with Crippen LogP contribution in [0.4, 0.5) is 10.6 Å². The molecule has 1 atom stereocenters. The first kappa shape index (κ1) is 19.8. The molecule has 0 spiro atoms. The number of aromatic nitrogens is 1.